The number of esters is 2. The van der Waals surface area contributed by atoms with Gasteiger partial charge in [-0.25, -0.2) is 14.8 Å². The standard InChI is InChI=1S/C21H28N4O6S/c1-10-12(8-32-13-6-7-23-20(22)24-13)16(25-15(10)14(11(2)26)17(25)27)18(28)30-9-31-19(29)21(3,4)5/h6-7,10-11,14-15,26H,8-9H2,1-5H3,(H2,22,23,24)/t10-,11+,14?,15?/m0/s1. The third-order valence-corrected chi connectivity index (χ3v) is 6.50. The minimum Gasteiger partial charge on any atom is -0.427 e. The number of ether oxygens (including phenoxy) is 2. The molecule has 11 heteroatoms. The summed E-state index contributed by atoms with van der Waals surface area (Å²) in [5, 5.41) is 10.7. The Labute approximate surface area is 190 Å². The van der Waals surface area contributed by atoms with Crippen LogP contribution in [-0.4, -0.2) is 62.5 Å². The molecular formula is C21H28N4O6S. The van der Waals surface area contributed by atoms with Gasteiger partial charge in [-0.3, -0.25) is 9.59 Å². The van der Waals surface area contributed by atoms with Crippen molar-refractivity contribution in [1.29, 1.82) is 0 Å². The summed E-state index contributed by atoms with van der Waals surface area (Å²) in [6.45, 7) is 7.98. The number of β-lactam (4-membered cyclic amide) rings is 1. The van der Waals surface area contributed by atoms with Crippen LogP contribution in [0.15, 0.2) is 28.6 Å². The van der Waals surface area contributed by atoms with Crippen LogP contribution < -0.4 is 5.73 Å². The lowest BCUT2D eigenvalue weighted by Gasteiger charge is -2.46. The monoisotopic (exact) mass is 464 g/mol. The first-order valence-corrected chi connectivity index (χ1v) is 11.2. The number of aromatic nitrogens is 2. The average molecular weight is 465 g/mol. The van der Waals surface area contributed by atoms with Crippen LogP contribution in [0.3, 0.4) is 0 Å². The lowest BCUT2D eigenvalue weighted by Crippen LogP contribution is -2.63. The summed E-state index contributed by atoms with van der Waals surface area (Å²) in [7, 11) is 0. The Balaban J connectivity index is 1.80. The van der Waals surface area contributed by atoms with E-state index in [2.05, 4.69) is 9.97 Å². The summed E-state index contributed by atoms with van der Waals surface area (Å²) in [4.78, 5) is 47.0. The highest BCUT2D eigenvalue weighted by atomic mass is 32.2. The van der Waals surface area contributed by atoms with E-state index < -0.39 is 36.2 Å². The molecule has 3 rings (SSSR count). The number of carbonyl (C=O) groups is 3. The second-order valence-corrected chi connectivity index (χ2v) is 9.90. The normalized spacial score (nSPS) is 23.5. The van der Waals surface area contributed by atoms with Crippen LogP contribution in [0, 0.1) is 17.3 Å². The van der Waals surface area contributed by atoms with Crippen LogP contribution in [0.4, 0.5) is 5.95 Å². The molecule has 2 aliphatic heterocycles. The largest absolute Gasteiger partial charge is 0.427 e. The average Bonchev–Trinajstić information content (AvgIpc) is 2.93. The molecule has 174 valence electrons. The Kier molecular flexibility index (Phi) is 6.80. The Morgan fingerprint density at radius 2 is 2.03 bits per heavy atom. The summed E-state index contributed by atoms with van der Waals surface area (Å²) in [5.74, 6) is -1.88. The van der Waals surface area contributed by atoms with Crippen molar-refractivity contribution < 1.29 is 29.0 Å². The van der Waals surface area contributed by atoms with Gasteiger partial charge in [0.05, 0.1) is 23.5 Å². The molecule has 0 aliphatic carbocycles. The van der Waals surface area contributed by atoms with E-state index in [0.717, 1.165) is 0 Å². The highest BCUT2D eigenvalue weighted by molar-refractivity contribution is 7.99. The van der Waals surface area contributed by atoms with Crippen LogP contribution in [-0.2, 0) is 23.9 Å². The summed E-state index contributed by atoms with van der Waals surface area (Å²) < 4.78 is 10.2. The predicted octanol–water partition coefficient (Wildman–Crippen LogP) is 1.35. The molecule has 4 atom stereocenters. The summed E-state index contributed by atoms with van der Waals surface area (Å²) >= 11 is 1.35. The predicted molar refractivity (Wildman–Crippen MR) is 116 cm³/mol. The van der Waals surface area contributed by atoms with Gasteiger partial charge in [0.15, 0.2) is 0 Å². The number of amides is 1. The molecule has 1 aromatic heterocycles. The topological polar surface area (TPSA) is 145 Å². The van der Waals surface area contributed by atoms with Gasteiger partial charge >= 0.3 is 11.9 Å². The first kappa shape index (κ1) is 24.0. The van der Waals surface area contributed by atoms with Crippen LogP contribution in [0.25, 0.3) is 0 Å². The number of carbonyl (C=O) groups excluding carboxylic acids is 3. The van der Waals surface area contributed by atoms with Crippen LogP contribution in [0.2, 0.25) is 0 Å². The minimum atomic E-state index is -0.843. The fourth-order valence-electron chi connectivity index (χ4n) is 3.83. The molecule has 1 saturated heterocycles. The number of nitrogens with zero attached hydrogens (tertiary/aromatic N) is 3. The Morgan fingerprint density at radius 1 is 1.34 bits per heavy atom. The number of aliphatic hydroxyl groups is 1. The van der Waals surface area contributed by atoms with E-state index in [0.29, 0.717) is 16.4 Å². The van der Waals surface area contributed by atoms with Gasteiger partial charge in [-0.1, -0.05) is 6.92 Å². The third-order valence-electron chi connectivity index (χ3n) is 5.53. The van der Waals surface area contributed by atoms with Gasteiger partial charge in [-0.2, -0.15) is 0 Å². The maximum atomic E-state index is 12.9. The smallest absolute Gasteiger partial charge is 0.357 e. The van der Waals surface area contributed by atoms with Gasteiger partial charge in [0, 0.05) is 17.9 Å². The quantitative estimate of drug-likeness (QED) is 0.199. The number of hydrogen-bond donors (Lipinski definition) is 2. The molecule has 0 aromatic carbocycles. The molecule has 2 unspecified atom stereocenters. The first-order valence-electron chi connectivity index (χ1n) is 10.2. The molecule has 1 fully saturated rings. The van der Waals surface area contributed by atoms with E-state index in [-0.39, 0.29) is 29.5 Å². The lowest BCUT2D eigenvalue weighted by atomic mass is 9.78. The molecule has 1 aromatic rings. The van der Waals surface area contributed by atoms with E-state index in [1.807, 2.05) is 6.92 Å². The zero-order chi connectivity index (χ0) is 23.8. The van der Waals surface area contributed by atoms with Crippen LogP contribution in [0.5, 0.6) is 0 Å². The Morgan fingerprint density at radius 3 is 2.62 bits per heavy atom. The van der Waals surface area contributed by atoms with E-state index in [9.17, 15) is 19.5 Å². The number of anilines is 1. The van der Waals surface area contributed by atoms with Crippen molar-refractivity contribution in [3.8, 4) is 0 Å². The number of fused-ring (bicyclic) bond motifs is 1. The van der Waals surface area contributed by atoms with E-state index >= 15 is 0 Å². The number of nitrogens with two attached hydrogens (primary N) is 1. The van der Waals surface area contributed by atoms with Gasteiger partial charge in [-0.15, -0.1) is 11.8 Å². The van der Waals surface area contributed by atoms with E-state index in [1.54, 1.807) is 33.8 Å². The lowest BCUT2D eigenvalue weighted by molar-refractivity contribution is -0.175. The van der Waals surface area contributed by atoms with E-state index in [4.69, 9.17) is 15.2 Å². The molecule has 3 heterocycles. The van der Waals surface area contributed by atoms with Crippen molar-refractivity contribution in [2.24, 2.45) is 17.3 Å². The first-order chi connectivity index (χ1) is 14.9. The minimum absolute atomic E-state index is 0.130. The van der Waals surface area contributed by atoms with Crippen LogP contribution in [0.1, 0.15) is 34.6 Å². The van der Waals surface area contributed by atoms with Gasteiger partial charge in [-0.05, 0) is 39.3 Å². The summed E-state index contributed by atoms with van der Waals surface area (Å²) in [5.41, 5.74) is 5.72. The maximum absolute atomic E-state index is 12.9. The van der Waals surface area contributed by atoms with Gasteiger partial charge in [0.25, 0.3) is 0 Å². The number of aliphatic hydroxyl groups excluding tert-OH is 1. The molecule has 0 bridgehead atoms. The van der Waals surface area contributed by atoms with Crippen molar-refractivity contribution in [2.75, 3.05) is 18.3 Å². The van der Waals surface area contributed by atoms with Crippen LogP contribution >= 0.6 is 11.8 Å². The van der Waals surface area contributed by atoms with Crippen molar-refractivity contribution in [3.05, 3.63) is 23.5 Å². The zero-order valence-corrected chi connectivity index (χ0v) is 19.5. The third kappa shape index (κ3) is 4.58. The molecule has 0 spiro atoms. The summed E-state index contributed by atoms with van der Waals surface area (Å²) in [6, 6.07) is 1.36. The molecule has 1 amide bonds. The van der Waals surface area contributed by atoms with Gasteiger partial charge in [0.2, 0.25) is 18.6 Å². The van der Waals surface area contributed by atoms with Gasteiger partial charge < -0.3 is 25.2 Å². The SMILES string of the molecule is C[C@@H](O)C1C(=O)N2C(C(=O)OCOC(=O)C(C)(C)C)=C(CSc3ccnc(N)n3)[C@H](C)C12. The summed E-state index contributed by atoms with van der Waals surface area (Å²) in [6.07, 6.45) is 0.695. The molecule has 32 heavy (non-hydrogen) atoms. The van der Waals surface area contributed by atoms with E-state index in [1.165, 1.54) is 22.9 Å². The van der Waals surface area contributed by atoms with Crippen molar-refractivity contribution >= 4 is 35.6 Å². The number of hydrogen-bond acceptors (Lipinski definition) is 10. The van der Waals surface area contributed by atoms with Gasteiger partial charge in [0.1, 0.15) is 10.7 Å². The fourth-order valence-corrected chi connectivity index (χ4v) is 4.85. The Hall–Kier alpha value is -2.66. The van der Waals surface area contributed by atoms with Crippen molar-refractivity contribution in [2.45, 2.75) is 51.8 Å². The molecule has 2 aliphatic rings. The molecule has 0 saturated carbocycles. The number of rotatable bonds is 7. The number of nitrogen functional groups attached to an aromatic ring is 1. The highest BCUT2D eigenvalue weighted by Crippen LogP contribution is 2.48. The number of thioether (sulfide) groups is 1. The Bertz CT molecular complexity index is 958. The fraction of sp³-hybridized carbons (Fsp3) is 0.571. The second-order valence-electron chi connectivity index (χ2n) is 8.90. The van der Waals surface area contributed by atoms with Crippen molar-refractivity contribution in [1.82, 2.24) is 14.9 Å². The highest BCUT2D eigenvalue weighted by Gasteiger charge is 2.59. The van der Waals surface area contributed by atoms with Crippen molar-refractivity contribution in [3.63, 3.8) is 0 Å². The molecule has 10 nitrogen and oxygen atoms in total. The zero-order valence-electron chi connectivity index (χ0n) is 18.7. The second kappa shape index (κ2) is 9.07. The molecular weight excluding hydrogens is 436 g/mol. The maximum Gasteiger partial charge on any atom is 0.357 e. The molecule has 0 radical (unpaired) electrons. The molecule has 3 N–H and O–H groups in total.